The highest BCUT2D eigenvalue weighted by Gasteiger charge is 2.21. The van der Waals surface area contributed by atoms with Crippen molar-refractivity contribution in [1.29, 1.82) is 0 Å². The summed E-state index contributed by atoms with van der Waals surface area (Å²) in [6, 6.07) is 16.2. The molecule has 0 spiro atoms. The summed E-state index contributed by atoms with van der Waals surface area (Å²) in [5.41, 5.74) is 9.71. The average molecular weight is 323 g/mol. The van der Waals surface area contributed by atoms with Crippen LogP contribution in [0.5, 0.6) is 0 Å². The maximum Gasteiger partial charge on any atom is 0.161 e. The first-order chi connectivity index (χ1) is 11.6. The lowest BCUT2D eigenvalue weighted by molar-refractivity contribution is 0.101. The van der Waals surface area contributed by atoms with Crippen LogP contribution < -0.4 is 16.4 Å². The van der Waals surface area contributed by atoms with Crippen molar-refractivity contribution in [1.82, 2.24) is 0 Å². The zero-order chi connectivity index (χ0) is 16.9. The molecule has 24 heavy (non-hydrogen) atoms. The molecule has 0 amide bonds. The van der Waals surface area contributed by atoms with Crippen LogP contribution in [0.15, 0.2) is 48.5 Å². The Bertz CT molecular complexity index is 699. The van der Waals surface area contributed by atoms with Gasteiger partial charge in [-0.05, 0) is 50.1 Å². The van der Waals surface area contributed by atoms with Crippen LogP contribution in [0.1, 0.15) is 43.0 Å². The molecule has 1 saturated carbocycles. The second-order valence-electron chi connectivity index (χ2n) is 6.51. The van der Waals surface area contributed by atoms with Crippen LogP contribution in [-0.2, 0) is 0 Å². The smallest absolute Gasteiger partial charge is 0.161 e. The van der Waals surface area contributed by atoms with E-state index in [1.54, 1.807) is 6.92 Å². The second kappa shape index (κ2) is 7.49. The summed E-state index contributed by atoms with van der Waals surface area (Å²) in [6.07, 6.45) is 4.59. The minimum absolute atomic E-state index is 0.0503. The summed E-state index contributed by atoms with van der Waals surface area (Å²) in [7, 11) is 0. The van der Waals surface area contributed by atoms with Gasteiger partial charge in [0.05, 0.1) is 5.69 Å². The number of nitrogens with two attached hydrogens (primary N) is 1. The lowest BCUT2D eigenvalue weighted by Crippen LogP contribution is -2.42. The van der Waals surface area contributed by atoms with Crippen molar-refractivity contribution in [2.24, 2.45) is 5.73 Å². The molecular weight excluding hydrogens is 298 g/mol. The van der Waals surface area contributed by atoms with Crippen molar-refractivity contribution < 1.29 is 4.79 Å². The van der Waals surface area contributed by atoms with Gasteiger partial charge in [-0.2, -0.15) is 0 Å². The van der Waals surface area contributed by atoms with Crippen LogP contribution in [0.25, 0.3) is 0 Å². The molecule has 0 radical (unpaired) electrons. The SMILES string of the molecule is CC(=O)c1ccc(N[C@@H]2CCCC[C@@H]2N)cc1Nc1ccccc1. The zero-order valence-electron chi connectivity index (χ0n) is 14.1. The van der Waals surface area contributed by atoms with Gasteiger partial charge in [-0.25, -0.2) is 0 Å². The van der Waals surface area contributed by atoms with Gasteiger partial charge in [0.2, 0.25) is 0 Å². The third-order valence-electron chi connectivity index (χ3n) is 4.62. The van der Waals surface area contributed by atoms with Gasteiger partial charge in [-0.15, -0.1) is 0 Å². The van der Waals surface area contributed by atoms with E-state index in [0.717, 1.165) is 29.9 Å². The number of anilines is 3. The van der Waals surface area contributed by atoms with Gasteiger partial charge in [-0.1, -0.05) is 31.0 Å². The Kier molecular flexibility index (Phi) is 5.16. The topological polar surface area (TPSA) is 67.2 Å². The number of ketones is 1. The Morgan fingerprint density at radius 1 is 1.04 bits per heavy atom. The molecule has 2 aromatic carbocycles. The Labute approximate surface area is 143 Å². The highest BCUT2D eigenvalue weighted by atomic mass is 16.1. The number of para-hydroxylation sites is 1. The van der Waals surface area contributed by atoms with Crippen molar-refractivity contribution >= 4 is 22.8 Å². The highest BCUT2D eigenvalue weighted by molar-refractivity contribution is 6.01. The molecule has 0 heterocycles. The first-order valence-corrected chi connectivity index (χ1v) is 8.62. The van der Waals surface area contributed by atoms with E-state index in [9.17, 15) is 4.79 Å². The number of hydrogen-bond acceptors (Lipinski definition) is 4. The monoisotopic (exact) mass is 323 g/mol. The molecule has 0 aromatic heterocycles. The van der Waals surface area contributed by atoms with Gasteiger partial charge in [-0.3, -0.25) is 4.79 Å². The van der Waals surface area contributed by atoms with Crippen molar-refractivity contribution in [2.45, 2.75) is 44.7 Å². The predicted octanol–water partition coefficient (Wildman–Crippen LogP) is 4.31. The predicted molar refractivity (Wildman–Crippen MR) is 100 cm³/mol. The minimum Gasteiger partial charge on any atom is -0.381 e. The lowest BCUT2D eigenvalue weighted by atomic mass is 9.91. The Balaban J connectivity index is 1.83. The molecular formula is C20H25N3O. The first kappa shape index (κ1) is 16.5. The standard InChI is InChI=1S/C20H25N3O/c1-14(24)17-12-11-16(23-19-10-6-5-9-18(19)21)13-20(17)22-15-7-3-2-4-8-15/h2-4,7-8,11-13,18-19,22-23H,5-6,9-10,21H2,1H3/t18-,19+/m0/s1. The van der Waals surface area contributed by atoms with E-state index in [0.29, 0.717) is 11.6 Å². The van der Waals surface area contributed by atoms with Crippen LogP contribution in [0.2, 0.25) is 0 Å². The van der Waals surface area contributed by atoms with Crippen LogP contribution in [0, 0.1) is 0 Å². The molecule has 2 atom stereocenters. The molecule has 126 valence electrons. The maximum absolute atomic E-state index is 11.9. The molecule has 1 aliphatic rings. The van der Waals surface area contributed by atoms with Crippen LogP contribution in [-0.4, -0.2) is 17.9 Å². The number of Topliss-reactive ketones (excluding diaryl/α,β-unsaturated/α-hetero) is 1. The molecule has 3 rings (SSSR count). The molecule has 2 aromatic rings. The zero-order valence-corrected chi connectivity index (χ0v) is 14.1. The molecule has 0 unspecified atom stereocenters. The average Bonchev–Trinajstić information content (AvgIpc) is 2.58. The van der Waals surface area contributed by atoms with Crippen molar-refractivity contribution in [3.63, 3.8) is 0 Å². The van der Waals surface area contributed by atoms with Crippen LogP contribution >= 0.6 is 0 Å². The molecule has 0 saturated heterocycles. The number of hydrogen-bond donors (Lipinski definition) is 3. The molecule has 4 heteroatoms. The van der Waals surface area contributed by atoms with Crippen molar-refractivity contribution in [3.8, 4) is 0 Å². The normalized spacial score (nSPS) is 20.4. The summed E-state index contributed by atoms with van der Waals surface area (Å²) in [4.78, 5) is 11.9. The second-order valence-corrected chi connectivity index (χ2v) is 6.51. The van der Waals surface area contributed by atoms with Gasteiger partial charge in [0.15, 0.2) is 5.78 Å². The van der Waals surface area contributed by atoms with Gasteiger partial charge in [0.25, 0.3) is 0 Å². The summed E-state index contributed by atoms with van der Waals surface area (Å²) >= 11 is 0. The van der Waals surface area contributed by atoms with E-state index >= 15 is 0 Å². The lowest BCUT2D eigenvalue weighted by Gasteiger charge is -2.30. The van der Waals surface area contributed by atoms with Crippen LogP contribution in [0.4, 0.5) is 17.1 Å². The summed E-state index contributed by atoms with van der Waals surface area (Å²) in [5.74, 6) is 0.0503. The highest BCUT2D eigenvalue weighted by Crippen LogP contribution is 2.27. The van der Waals surface area contributed by atoms with E-state index in [1.165, 1.54) is 12.8 Å². The van der Waals surface area contributed by atoms with Gasteiger partial charge < -0.3 is 16.4 Å². The van der Waals surface area contributed by atoms with Gasteiger partial charge in [0, 0.05) is 29.0 Å². The summed E-state index contributed by atoms with van der Waals surface area (Å²) < 4.78 is 0. The van der Waals surface area contributed by atoms with E-state index in [-0.39, 0.29) is 11.8 Å². The fourth-order valence-electron chi connectivity index (χ4n) is 3.27. The Hall–Kier alpha value is -2.33. The van der Waals surface area contributed by atoms with E-state index in [1.807, 2.05) is 48.5 Å². The largest absolute Gasteiger partial charge is 0.381 e. The Morgan fingerprint density at radius 3 is 2.50 bits per heavy atom. The van der Waals surface area contributed by atoms with E-state index < -0.39 is 0 Å². The fourth-order valence-corrected chi connectivity index (χ4v) is 3.27. The quantitative estimate of drug-likeness (QED) is 0.717. The maximum atomic E-state index is 11.9. The van der Waals surface area contributed by atoms with E-state index in [2.05, 4.69) is 10.6 Å². The molecule has 1 aliphatic carbocycles. The first-order valence-electron chi connectivity index (χ1n) is 8.62. The van der Waals surface area contributed by atoms with Gasteiger partial charge in [0.1, 0.15) is 0 Å². The number of benzene rings is 2. The number of carbonyl (C=O) groups excluding carboxylic acids is 1. The van der Waals surface area contributed by atoms with E-state index in [4.69, 9.17) is 5.73 Å². The third-order valence-corrected chi connectivity index (χ3v) is 4.62. The van der Waals surface area contributed by atoms with Gasteiger partial charge >= 0.3 is 0 Å². The number of rotatable bonds is 5. The molecule has 0 aliphatic heterocycles. The van der Waals surface area contributed by atoms with Crippen molar-refractivity contribution in [2.75, 3.05) is 10.6 Å². The summed E-state index contributed by atoms with van der Waals surface area (Å²) in [5, 5.41) is 6.90. The minimum atomic E-state index is 0.0503. The molecule has 0 bridgehead atoms. The third kappa shape index (κ3) is 3.95. The number of carbonyl (C=O) groups is 1. The summed E-state index contributed by atoms with van der Waals surface area (Å²) in [6.45, 7) is 1.59. The molecule has 1 fully saturated rings. The molecule has 4 nitrogen and oxygen atoms in total. The Morgan fingerprint density at radius 2 is 1.79 bits per heavy atom. The fraction of sp³-hybridized carbons (Fsp3) is 0.350. The van der Waals surface area contributed by atoms with Crippen LogP contribution in [0.3, 0.4) is 0 Å². The number of nitrogens with one attached hydrogen (secondary N) is 2. The van der Waals surface area contributed by atoms with Crippen molar-refractivity contribution in [3.05, 3.63) is 54.1 Å². The molecule has 4 N–H and O–H groups in total.